The Balaban J connectivity index is 1.14. The van der Waals surface area contributed by atoms with Gasteiger partial charge in [-0.3, -0.25) is 18.9 Å². The highest BCUT2D eigenvalue weighted by molar-refractivity contribution is 7.52. The van der Waals surface area contributed by atoms with Gasteiger partial charge in [0.25, 0.3) is 5.91 Å². The number of likely N-dealkylation sites (tertiary alicyclic amines) is 1. The number of benzene rings is 1. The number of carbonyl (C=O) groups is 3. The lowest BCUT2D eigenvalue weighted by Gasteiger charge is -2.42. The van der Waals surface area contributed by atoms with Crippen LogP contribution in [0.15, 0.2) is 30.5 Å². The predicted molar refractivity (Wildman–Crippen MR) is 162 cm³/mol. The van der Waals surface area contributed by atoms with Crippen LogP contribution in [0, 0.1) is 0 Å². The summed E-state index contributed by atoms with van der Waals surface area (Å²) < 4.78 is 42.0. The molecule has 46 heavy (non-hydrogen) atoms. The Hall–Kier alpha value is -3.30. The smallest absolute Gasteiger partial charge is 0.384 e. The number of amides is 3. The standard InChI is InChI=1S/C29H35F2N6O7PS/c1-28(2,41)24-15-36(34-33-24)19-13-35(14-19)27(40)21-9-8-18-5-3-4-6-20(26(39)37(18)21)32-25(38)23-12-16-11-17(7-10-22(16)46-23)29(30,31)45(42,43)44/h7,10-12,15,18-21,41H,3-6,8-9,13-14H2,1-2H3,(H,32,38)(H2,42,43,44)/t18-,20-,21-/m0/s1. The van der Waals surface area contributed by atoms with Gasteiger partial charge in [-0.25, -0.2) is 4.68 Å². The van der Waals surface area contributed by atoms with Gasteiger partial charge in [0.15, 0.2) is 0 Å². The highest BCUT2D eigenvalue weighted by atomic mass is 32.1. The molecule has 3 atom stereocenters. The second-order valence-corrected chi connectivity index (χ2v) is 15.5. The van der Waals surface area contributed by atoms with Crippen molar-refractivity contribution in [2.75, 3.05) is 13.1 Å². The van der Waals surface area contributed by atoms with Crippen molar-refractivity contribution < 1.29 is 42.6 Å². The first-order chi connectivity index (χ1) is 21.5. The molecule has 3 saturated heterocycles. The second kappa shape index (κ2) is 11.7. The molecule has 0 aliphatic carbocycles. The van der Waals surface area contributed by atoms with Gasteiger partial charge in [-0.15, -0.1) is 16.4 Å². The number of nitrogens with zero attached hydrogens (tertiary/aromatic N) is 5. The number of nitrogens with one attached hydrogen (secondary N) is 1. The van der Waals surface area contributed by atoms with Crippen LogP contribution in [0.1, 0.15) is 79.3 Å². The third-order valence-corrected chi connectivity index (χ3v) is 11.2. The Kier molecular flexibility index (Phi) is 8.33. The summed E-state index contributed by atoms with van der Waals surface area (Å²) in [5.74, 6) is -1.07. The monoisotopic (exact) mass is 680 g/mol. The third kappa shape index (κ3) is 5.97. The Bertz CT molecular complexity index is 1730. The summed E-state index contributed by atoms with van der Waals surface area (Å²) in [4.78, 5) is 62.6. The number of fused-ring (bicyclic) bond motifs is 2. The van der Waals surface area contributed by atoms with E-state index in [1.54, 1.807) is 34.5 Å². The van der Waals surface area contributed by atoms with E-state index < -0.39 is 42.4 Å². The summed E-state index contributed by atoms with van der Waals surface area (Å²) in [5.41, 5.74) is -5.96. The van der Waals surface area contributed by atoms with Crippen LogP contribution in [0.2, 0.25) is 0 Å². The van der Waals surface area contributed by atoms with E-state index in [0.29, 0.717) is 49.2 Å². The minimum Gasteiger partial charge on any atom is -0.384 e. The summed E-state index contributed by atoms with van der Waals surface area (Å²) >= 11 is 1.01. The number of carbonyl (C=O) groups excluding carboxylic acids is 3. The first kappa shape index (κ1) is 32.6. The van der Waals surface area contributed by atoms with Gasteiger partial charge in [-0.2, -0.15) is 8.78 Å². The van der Waals surface area contributed by atoms with Crippen LogP contribution in [-0.2, 0) is 25.4 Å². The molecule has 1 aromatic carbocycles. The fourth-order valence-electron chi connectivity index (χ4n) is 6.40. The molecule has 0 unspecified atom stereocenters. The maximum absolute atomic E-state index is 14.3. The molecular weight excluding hydrogens is 645 g/mol. The zero-order valence-corrected chi connectivity index (χ0v) is 26.9. The molecule has 6 rings (SSSR count). The van der Waals surface area contributed by atoms with Crippen LogP contribution in [-0.4, -0.2) is 88.6 Å². The van der Waals surface area contributed by atoms with Crippen molar-refractivity contribution in [3.63, 3.8) is 0 Å². The molecule has 0 spiro atoms. The molecule has 17 heteroatoms. The number of aromatic nitrogens is 3. The number of hydrogen-bond acceptors (Lipinski definition) is 8. The quantitative estimate of drug-likeness (QED) is 0.273. The first-order valence-electron chi connectivity index (χ1n) is 15.1. The van der Waals surface area contributed by atoms with Crippen LogP contribution < -0.4 is 5.32 Å². The highest BCUT2D eigenvalue weighted by Gasteiger charge is 2.50. The number of thiophene rings is 1. The Labute approximate surface area is 266 Å². The van der Waals surface area contributed by atoms with Crippen LogP contribution in [0.4, 0.5) is 8.78 Å². The van der Waals surface area contributed by atoms with Gasteiger partial charge >= 0.3 is 13.3 Å². The molecule has 3 aliphatic rings. The van der Waals surface area contributed by atoms with Crippen molar-refractivity contribution in [3.8, 4) is 0 Å². The maximum Gasteiger partial charge on any atom is 0.399 e. The van der Waals surface area contributed by atoms with Crippen molar-refractivity contribution >= 4 is 46.7 Å². The molecule has 3 amide bonds. The molecule has 2 aromatic heterocycles. The summed E-state index contributed by atoms with van der Waals surface area (Å²) in [6.45, 7) is 4.02. The van der Waals surface area contributed by atoms with Gasteiger partial charge in [-0.05, 0) is 63.1 Å². The molecule has 3 fully saturated rings. The van der Waals surface area contributed by atoms with Crippen molar-refractivity contribution in [2.24, 2.45) is 0 Å². The zero-order valence-electron chi connectivity index (χ0n) is 25.2. The average Bonchev–Trinajstić information content (AvgIpc) is 3.69. The Morgan fingerprint density at radius 2 is 1.78 bits per heavy atom. The molecule has 0 bridgehead atoms. The van der Waals surface area contributed by atoms with Crippen molar-refractivity contribution in [3.05, 3.63) is 46.6 Å². The van der Waals surface area contributed by atoms with E-state index in [1.807, 2.05) is 0 Å². The van der Waals surface area contributed by atoms with Gasteiger partial charge in [0.2, 0.25) is 11.8 Å². The SMILES string of the molecule is CC(C)(O)c1cn(C2CN(C(=O)[C@@H]3CC[C@@H]4CCCC[C@H](NC(=O)c5cc6cc(C(F)(F)P(=O)(O)O)ccc6s5)C(=O)N43)C2)nn1. The molecule has 4 N–H and O–H groups in total. The highest BCUT2D eigenvalue weighted by Crippen LogP contribution is 2.59. The fourth-order valence-corrected chi connectivity index (χ4v) is 7.82. The van der Waals surface area contributed by atoms with Crippen molar-refractivity contribution in [1.29, 1.82) is 0 Å². The number of rotatable bonds is 7. The minimum atomic E-state index is -5.76. The third-order valence-electron chi connectivity index (χ3n) is 9.06. The van der Waals surface area contributed by atoms with Crippen LogP contribution in [0.5, 0.6) is 0 Å². The van der Waals surface area contributed by atoms with E-state index in [2.05, 4.69) is 15.6 Å². The Morgan fingerprint density at radius 3 is 2.46 bits per heavy atom. The van der Waals surface area contributed by atoms with E-state index in [9.17, 15) is 32.8 Å². The zero-order chi connectivity index (χ0) is 33.2. The first-order valence-corrected chi connectivity index (χ1v) is 17.5. The van der Waals surface area contributed by atoms with E-state index >= 15 is 0 Å². The molecule has 3 aromatic rings. The molecule has 0 saturated carbocycles. The molecule has 5 heterocycles. The van der Waals surface area contributed by atoms with Gasteiger partial charge in [-0.1, -0.05) is 24.1 Å². The Morgan fingerprint density at radius 1 is 1.07 bits per heavy atom. The molecular formula is C29H35F2N6O7PS. The molecule has 13 nitrogen and oxygen atoms in total. The van der Waals surface area contributed by atoms with E-state index in [0.717, 1.165) is 36.3 Å². The summed E-state index contributed by atoms with van der Waals surface area (Å²) in [5, 5.41) is 21.3. The average molecular weight is 681 g/mol. The number of hydrogen-bond donors (Lipinski definition) is 4. The van der Waals surface area contributed by atoms with Crippen molar-refractivity contribution in [1.82, 2.24) is 30.1 Å². The summed E-state index contributed by atoms with van der Waals surface area (Å²) in [6, 6.07) is 2.73. The second-order valence-electron chi connectivity index (χ2n) is 12.8. The van der Waals surface area contributed by atoms with E-state index in [4.69, 9.17) is 9.79 Å². The van der Waals surface area contributed by atoms with Gasteiger partial charge in [0, 0.05) is 29.4 Å². The normalized spacial score (nSPS) is 23.2. The van der Waals surface area contributed by atoms with Gasteiger partial charge in [0.1, 0.15) is 23.4 Å². The number of alkyl halides is 2. The van der Waals surface area contributed by atoms with Crippen molar-refractivity contribution in [2.45, 2.75) is 87.8 Å². The summed E-state index contributed by atoms with van der Waals surface area (Å²) in [6.07, 6.45) is 5.51. The largest absolute Gasteiger partial charge is 0.399 e. The molecule has 248 valence electrons. The minimum absolute atomic E-state index is 0.0970. The lowest BCUT2D eigenvalue weighted by Crippen LogP contribution is -2.60. The number of halogens is 2. The lowest BCUT2D eigenvalue weighted by molar-refractivity contribution is -0.150. The topological polar surface area (TPSA) is 178 Å². The van der Waals surface area contributed by atoms with Gasteiger partial charge < -0.3 is 30.0 Å². The van der Waals surface area contributed by atoms with E-state index in [1.165, 1.54) is 12.1 Å². The van der Waals surface area contributed by atoms with Crippen LogP contribution in [0.25, 0.3) is 10.1 Å². The predicted octanol–water partition coefficient (Wildman–Crippen LogP) is 3.06. The lowest BCUT2D eigenvalue weighted by atomic mass is 9.98. The summed E-state index contributed by atoms with van der Waals surface area (Å²) in [7, 11) is -5.76. The molecule has 3 aliphatic heterocycles. The van der Waals surface area contributed by atoms with Crippen LogP contribution >= 0.6 is 18.9 Å². The number of aliphatic hydroxyl groups is 1. The van der Waals surface area contributed by atoms with Crippen LogP contribution in [0.3, 0.4) is 0 Å². The van der Waals surface area contributed by atoms with Gasteiger partial charge in [0.05, 0.1) is 17.1 Å². The molecule has 0 radical (unpaired) electrons. The fraction of sp³-hybridized carbons (Fsp3) is 0.552. The maximum atomic E-state index is 14.3. The van der Waals surface area contributed by atoms with E-state index in [-0.39, 0.29) is 34.2 Å².